The number of carbonyl (C=O) groups is 2. The Bertz CT molecular complexity index is 1510. The van der Waals surface area contributed by atoms with Crippen LogP contribution in [-0.4, -0.2) is 44.8 Å². The first-order valence-corrected chi connectivity index (χ1v) is 11.2. The standard InChI is InChI=1S/C26H24N4O4/c1-29-11-16(14-6-2-4-8-19(14)29)23-24(26(33)28-25(23)32)17-12-30(20-9-5-3-7-15(17)20)22-10-18(27)21(13-31)34-22/h2-9,11-12,18,21-22,31H,10,13,27H2,1H3,(H,28,32,33)/t18-,21-,22-/m1/s1. The number of fused-ring (bicyclic) bond motifs is 2. The van der Waals surface area contributed by atoms with Crippen LogP contribution in [0.5, 0.6) is 0 Å². The van der Waals surface area contributed by atoms with Crippen molar-refractivity contribution in [3.8, 4) is 0 Å². The molecule has 0 spiro atoms. The van der Waals surface area contributed by atoms with Crippen molar-refractivity contribution in [2.45, 2.75) is 24.8 Å². The molecule has 2 aliphatic heterocycles. The zero-order chi connectivity index (χ0) is 23.6. The lowest BCUT2D eigenvalue weighted by Gasteiger charge is -2.15. The molecule has 0 bridgehead atoms. The molecule has 4 N–H and O–H groups in total. The van der Waals surface area contributed by atoms with E-state index in [1.807, 2.05) is 77.1 Å². The molecule has 1 fully saturated rings. The average Bonchev–Trinajstić information content (AvgIpc) is 3.56. The molecule has 2 amide bonds. The van der Waals surface area contributed by atoms with E-state index >= 15 is 0 Å². The number of aliphatic hydroxyl groups excluding tert-OH is 1. The molecule has 2 aliphatic rings. The first-order chi connectivity index (χ1) is 16.5. The molecule has 6 rings (SSSR count). The summed E-state index contributed by atoms with van der Waals surface area (Å²) in [6, 6.07) is 15.2. The van der Waals surface area contributed by atoms with Gasteiger partial charge in [-0.1, -0.05) is 36.4 Å². The molecule has 0 saturated carbocycles. The second kappa shape index (κ2) is 7.66. The number of ether oxygens (including phenoxy) is 1. The molecule has 3 atom stereocenters. The van der Waals surface area contributed by atoms with E-state index in [0.717, 1.165) is 21.8 Å². The summed E-state index contributed by atoms with van der Waals surface area (Å²) in [6.45, 7) is -0.156. The zero-order valence-electron chi connectivity index (χ0n) is 18.6. The molecule has 8 heteroatoms. The van der Waals surface area contributed by atoms with Gasteiger partial charge in [-0.15, -0.1) is 0 Å². The number of imide groups is 1. The summed E-state index contributed by atoms with van der Waals surface area (Å²) in [5, 5.41) is 13.8. The fraction of sp³-hybridized carbons (Fsp3) is 0.231. The number of para-hydroxylation sites is 2. The van der Waals surface area contributed by atoms with Crippen LogP contribution in [0.3, 0.4) is 0 Å². The largest absolute Gasteiger partial charge is 0.394 e. The molecular formula is C26H24N4O4. The summed E-state index contributed by atoms with van der Waals surface area (Å²) in [5.41, 5.74) is 10.1. The van der Waals surface area contributed by atoms with E-state index in [2.05, 4.69) is 5.32 Å². The van der Waals surface area contributed by atoms with Gasteiger partial charge in [-0.05, 0) is 12.1 Å². The minimum absolute atomic E-state index is 0.156. The van der Waals surface area contributed by atoms with E-state index in [4.69, 9.17) is 10.5 Å². The number of amides is 2. The Morgan fingerprint density at radius 2 is 1.56 bits per heavy atom. The van der Waals surface area contributed by atoms with E-state index in [-0.39, 0.29) is 18.9 Å². The Kier molecular flexibility index (Phi) is 4.70. The highest BCUT2D eigenvalue weighted by Gasteiger charge is 2.37. The SMILES string of the molecule is Cn1cc(C2=C(c3cn([C@H]4C[C@@H](N)[C@@H](CO)O4)c4ccccc34)C(=O)NC2=O)c2ccccc21. The van der Waals surface area contributed by atoms with Gasteiger partial charge < -0.3 is 24.7 Å². The average molecular weight is 457 g/mol. The van der Waals surface area contributed by atoms with Crippen LogP contribution in [0, 0.1) is 0 Å². The molecule has 2 aromatic carbocycles. The highest BCUT2D eigenvalue weighted by molar-refractivity contribution is 6.50. The number of hydrogen-bond donors (Lipinski definition) is 3. The van der Waals surface area contributed by atoms with E-state index in [1.165, 1.54) is 0 Å². The number of hydrogen-bond acceptors (Lipinski definition) is 5. The summed E-state index contributed by atoms with van der Waals surface area (Å²) in [7, 11) is 1.92. The zero-order valence-corrected chi connectivity index (χ0v) is 18.6. The van der Waals surface area contributed by atoms with Crippen molar-refractivity contribution in [2.24, 2.45) is 12.8 Å². The maximum atomic E-state index is 13.1. The third-order valence-electron chi connectivity index (χ3n) is 6.88. The second-order valence-corrected chi connectivity index (χ2v) is 8.88. The van der Waals surface area contributed by atoms with Gasteiger partial charge in [0.25, 0.3) is 11.8 Å². The maximum absolute atomic E-state index is 13.1. The van der Waals surface area contributed by atoms with E-state index in [1.54, 1.807) is 0 Å². The summed E-state index contributed by atoms with van der Waals surface area (Å²) in [6.07, 6.45) is 3.45. The van der Waals surface area contributed by atoms with Crippen LogP contribution in [0.1, 0.15) is 23.8 Å². The van der Waals surface area contributed by atoms with Crippen LogP contribution < -0.4 is 11.1 Å². The third-order valence-corrected chi connectivity index (χ3v) is 6.88. The molecule has 0 unspecified atom stereocenters. The summed E-state index contributed by atoms with van der Waals surface area (Å²) >= 11 is 0. The summed E-state index contributed by atoms with van der Waals surface area (Å²) in [4.78, 5) is 26.2. The lowest BCUT2D eigenvalue weighted by Crippen LogP contribution is -2.32. The Balaban J connectivity index is 1.59. The van der Waals surface area contributed by atoms with Gasteiger partial charge in [0.1, 0.15) is 6.23 Å². The smallest absolute Gasteiger partial charge is 0.259 e. The topological polar surface area (TPSA) is 112 Å². The van der Waals surface area contributed by atoms with Crippen LogP contribution in [0.15, 0.2) is 60.9 Å². The van der Waals surface area contributed by atoms with E-state index in [0.29, 0.717) is 28.7 Å². The number of aryl methyl sites for hydroxylation is 1. The monoisotopic (exact) mass is 456 g/mol. The first kappa shape index (κ1) is 20.9. The number of nitrogens with two attached hydrogens (primary N) is 1. The minimum atomic E-state index is -0.448. The molecule has 0 radical (unpaired) electrons. The second-order valence-electron chi connectivity index (χ2n) is 8.88. The number of benzene rings is 2. The number of aliphatic hydroxyl groups is 1. The number of carbonyl (C=O) groups excluding carboxylic acids is 2. The van der Waals surface area contributed by atoms with Gasteiger partial charge in [0, 0.05) is 59.3 Å². The lowest BCUT2D eigenvalue weighted by molar-refractivity contribution is -0.122. The third kappa shape index (κ3) is 2.96. The molecule has 2 aromatic heterocycles. The van der Waals surface area contributed by atoms with E-state index in [9.17, 15) is 14.7 Å². The van der Waals surface area contributed by atoms with Crippen LogP contribution in [0.25, 0.3) is 33.0 Å². The highest BCUT2D eigenvalue weighted by atomic mass is 16.5. The van der Waals surface area contributed by atoms with Crippen LogP contribution >= 0.6 is 0 Å². The van der Waals surface area contributed by atoms with Crippen molar-refractivity contribution in [2.75, 3.05) is 6.61 Å². The number of aromatic nitrogens is 2. The van der Waals surface area contributed by atoms with Gasteiger partial charge in [0.05, 0.1) is 29.4 Å². The molecule has 1 saturated heterocycles. The number of rotatable bonds is 4. The molecule has 4 heterocycles. The molecular weight excluding hydrogens is 432 g/mol. The summed E-state index contributed by atoms with van der Waals surface area (Å²) in [5.74, 6) is -0.833. The van der Waals surface area contributed by atoms with Gasteiger partial charge in [-0.25, -0.2) is 0 Å². The van der Waals surface area contributed by atoms with Crippen molar-refractivity contribution in [3.05, 3.63) is 72.1 Å². The Labute approximate surface area is 195 Å². The predicted octanol–water partition coefficient (Wildman–Crippen LogP) is 2.31. The molecule has 172 valence electrons. The molecule has 34 heavy (non-hydrogen) atoms. The van der Waals surface area contributed by atoms with Crippen LogP contribution in [0.4, 0.5) is 0 Å². The van der Waals surface area contributed by atoms with E-state index < -0.39 is 17.9 Å². The van der Waals surface area contributed by atoms with Crippen molar-refractivity contribution in [3.63, 3.8) is 0 Å². The van der Waals surface area contributed by atoms with Gasteiger partial charge in [-0.3, -0.25) is 14.9 Å². The number of nitrogens with zero attached hydrogens (tertiary/aromatic N) is 2. The lowest BCUT2D eigenvalue weighted by atomic mass is 9.95. The van der Waals surface area contributed by atoms with Crippen molar-refractivity contribution < 1.29 is 19.4 Å². The molecule has 8 nitrogen and oxygen atoms in total. The highest BCUT2D eigenvalue weighted by Crippen LogP contribution is 2.40. The maximum Gasteiger partial charge on any atom is 0.259 e. The normalized spacial score (nSPS) is 23.0. The first-order valence-electron chi connectivity index (χ1n) is 11.2. The van der Waals surface area contributed by atoms with Crippen molar-refractivity contribution >= 4 is 44.8 Å². The van der Waals surface area contributed by atoms with Gasteiger partial charge >= 0.3 is 0 Å². The van der Waals surface area contributed by atoms with Crippen molar-refractivity contribution in [1.29, 1.82) is 0 Å². The summed E-state index contributed by atoms with van der Waals surface area (Å²) < 4.78 is 9.92. The Hall–Kier alpha value is -3.72. The fourth-order valence-corrected chi connectivity index (χ4v) is 5.25. The molecule has 4 aromatic rings. The van der Waals surface area contributed by atoms with Gasteiger partial charge in [-0.2, -0.15) is 0 Å². The predicted molar refractivity (Wildman–Crippen MR) is 128 cm³/mol. The van der Waals surface area contributed by atoms with Crippen LogP contribution in [0.2, 0.25) is 0 Å². The van der Waals surface area contributed by atoms with Crippen molar-refractivity contribution in [1.82, 2.24) is 14.5 Å². The van der Waals surface area contributed by atoms with Gasteiger partial charge in [0.15, 0.2) is 0 Å². The Morgan fingerprint density at radius 3 is 2.21 bits per heavy atom. The Morgan fingerprint density at radius 1 is 0.971 bits per heavy atom. The van der Waals surface area contributed by atoms with Gasteiger partial charge in [0.2, 0.25) is 0 Å². The fourth-order valence-electron chi connectivity index (χ4n) is 5.25. The van der Waals surface area contributed by atoms with Crippen LogP contribution in [-0.2, 0) is 21.4 Å². The quantitative estimate of drug-likeness (QED) is 0.408. The minimum Gasteiger partial charge on any atom is -0.394 e. The number of nitrogens with one attached hydrogen (secondary N) is 1. The molecule has 0 aliphatic carbocycles.